The standard InChI is InChI=1S/C11H20F3NO2/c1-4-5-6-10(17,8(2)3)9(16)15-7-11(12,13)14/h8,17H,4-7H2,1-3H3,(H,15,16). The minimum Gasteiger partial charge on any atom is -0.380 e. The van der Waals surface area contributed by atoms with Crippen molar-refractivity contribution in [2.75, 3.05) is 6.54 Å². The Morgan fingerprint density at radius 1 is 1.35 bits per heavy atom. The molecule has 0 heterocycles. The summed E-state index contributed by atoms with van der Waals surface area (Å²) in [6.45, 7) is 3.70. The maximum Gasteiger partial charge on any atom is 0.405 e. The van der Waals surface area contributed by atoms with Gasteiger partial charge in [-0.1, -0.05) is 33.6 Å². The van der Waals surface area contributed by atoms with Crippen LogP contribution in [0.4, 0.5) is 13.2 Å². The van der Waals surface area contributed by atoms with Gasteiger partial charge in [0.1, 0.15) is 12.1 Å². The lowest BCUT2D eigenvalue weighted by Gasteiger charge is -2.30. The van der Waals surface area contributed by atoms with Crippen molar-refractivity contribution in [1.82, 2.24) is 5.32 Å². The second kappa shape index (κ2) is 6.23. The molecule has 0 rings (SSSR count). The summed E-state index contributed by atoms with van der Waals surface area (Å²) < 4.78 is 35.9. The Morgan fingerprint density at radius 3 is 2.24 bits per heavy atom. The number of rotatable bonds is 6. The second-order valence-electron chi connectivity index (χ2n) is 4.48. The zero-order chi connectivity index (χ0) is 13.7. The van der Waals surface area contributed by atoms with Crippen molar-refractivity contribution in [3.63, 3.8) is 0 Å². The molecule has 6 heteroatoms. The zero-order valence-electron chi connectivity index (χ0n) is 10.4. The Morgan fingerprint density at radius 2 is 1.88 bits per heavy atom. The van der Waals surface area contributed by atoms with Crippen LogP contribution in [0.15, 0.2) is 0 Å². The van der Waals surface area contributed by atoms with Gasteiger partial charge >= 0.3 is 6.18 Å². The van der Waals surface area contributed by atoms with Gasteiger partial charge in [0.15, 0.2) is 0 Å². The number of hydrogen-bond donors (Lipinski definition) is 2. The van der Waals surface area contributed by atoms with Crippen molar-refractivity contribution in [2.45, 2.75) is 51.8 Å². The molecule has 0 aromatic rings. The Hall–Kier alpha value is -0.780. The van der Waals surface area contributed by atoms with Gasteiger partial charge in [0.05, 0.1) is 0 Å². The van der Waals surface area contributed by atoms with Gasteiger partial charge in [-0.25, -0.2) is 0 Å². The highest BCUT2D eigenvalue weighted by atomic mass is 19.4. The molecule has 0 bridgehead atoms. The van der Waals surface area contributed by atoms with E-state index in [1.807, 2.05) is 6.92 Å². The van der Waals surface area contributed by atoms with Crippen LogP contribution in [0.1, 0.15) is 40.0 Å². The molecule has 0 aromatic carbocycles. The number of halogens is 3. The van der Waals surface area contributed by atoms with Crippen LogP contribution in [0.2, 0.25) is 0 Å². The fraction of sp³-hybridized carbons (Fsp3) is 0.909. The first-order chi connectivity index (χ1) is 7.63. The van der Waals surface area contributed by atoms with Crippen molar-refractivity contribution in [3.05, 3.63) is 0 Å². The van der Waals surface area contributed by atoms with Crippen molar-refractivity contribution in [3.8, 4) is 0 Å². The normalized spacial score (nSPS) is 15.8. The van der Waals surface area contributed by atoms with Crippen LogP contribution in [0.25, 0.3) is 0 Å². The highest BCUT2D eigenvalue weighted by Crippen LogP contribution is 2.24. The van der Waals surface area contributed by atoms with Gasteiger partial charge in [-0.3, -0.25) is 4.79 Å². The molecule has 1 atom stereocenters. The lowest BCUT2D eigenvalue weighted by Crippen LogP contribution is -2.52. The predicted octanol–water partition coefficient (Wildman–Crippen LogP) is 2.24. The minimum absolute atomic E-state index is 0.171. The summed E-state index contributed by atoms with van der Waals surface area (Å²) in [5.74, 6) is -1.37. The molecule has 1 unspecified atom stereocenters. The molecule has 0 aliphatic rings. The van der Waals surface area contributed by atoms with Crippen molar-refractivity contribution in [1.29, 1.82) is 0 Å². The van der Waals surface area contributed by atoms with Crippen molar-refractivity contribution < 1.29 is 23.1 Å². The van der Waals surface area contributed by atoms with E-state index >= 15 is 0 Å². The van der Waals surface area contributed by atoms with E-state index in [9.17, 15) is 23.1 Å². The third-order valence-corrected chi connectivity index (χ3v) is 2.71. The van der Waals surface area contributed by atoms with Crippen LogP contribution in [0, 0.1) is 5.92 Å². The highest BCUT2D eigenvalue weighted by Gasteiger charge is 2.40. The molecule has 1 amide bonds. The topological polar surface area (TPSA) is 49.3 Å². The SMILES string of the molecule is CCCCC(O)(C(=O)NCC(F)(F)F)C(C)C. The molecular formula is C11H20F3NO2. The van der Waals surface area contributed by atoms with E-state index in [-0.39, 0.29) is 6.42 Å². The monoisotopic (exact) mass is 255 g/mol. The molecule has 0 fully saturated rings. The third kappa shape index (κ3) is 5.39. The first-order valence-electron chi connectivity index (χ1n) is 5.71. The van der Waals surface area contributed by atoms with E-state index in [1.54, 1.807) is 19.2 Å². The molecule has 0 saturated heterocycles. The summed E-state index contributed by atoms with van der Waals surface area (Å²) in [4.78, 5) is 11.6. The Labute approximate surface area is 99.4 Å². The number of amides is 1. The average Bonchev–Trinajstić information content (AvgIpc) is 2.21. The van der Waals surface area contributed by atoms with Crippen LogP contribution in [-0.4, -0.2) is 29.3 Å². The van der Waals surface area contributed by atoms with Gasteiger partial charge in [0, 0.05) is 0 Å². The van der Waals surface area contributed by atoms with Crippen molar-refractivity contribution in [2.24, 2.45) is 5.92 Å². The molecule has 17 heavy (non-hydrogen) atoms. The van der Waals surface area contributed by atoms with Gasteiger partial charge in [0.2, 0.25) is 0 Å². The average molecular weight is 255 g/mol. The predicted molar refractivity (Wildman–Crippen MR) is 58.4 cm³/mol. The molecule has 0 aromatic heterocycles. The second-order valence-corrected chi connectivity index (χ2v) is 4.48. The number of nitrogens with one attached hydrogen (secondary N) is 1. The summed E-state index contributed by atoms with van der Waals surface area (Å²) in [6, 6.07) is 0. The highest BCUT2D eigenvalue weighted by molar-refractivity contribution is 5.85. The summed E-state index contributed by atoms with van der Waals surface area (Å²) in [6.07, 6.45) is -2.93. The van der Waals surface area contributed by atoms with Gasteiger partial charge in [-0.05, 0) is 12.3 Å². The van der Waals surface area contributed by atoms with Gasteiger partial charge in [0.25, 0.3) is 5.91 Å². The van der Waals surface area contributed by atoms with E-state index in [4.69, 9.17) is 0 Å². The molecule has 0 radical (unpaired) electrons. The minimum atomic E-state index is -4.46. The molecule has 2 N–H and O–H groups in total. The molecule has 0 aliphatic heterocycles. The van der Waals surface area contributed by atoms with Gasteiger partial charge < -0.3 is 10.4 Å². The van der Waals surface area contributed by atoms with E-state index < -0.39 is 30.1 Å². The summed E-state index contributed by atoms with van der Waals surface area (Å²) >= 11 is 0. The van der Waals surface area contributed by atoms with Crippen molar-refractivity contribution >= 4 is 5.91 Å². The first-order valence-corrected chi connectivity index (χ1v) is 5.71. The molecule has 3 nitrogen and oxygen atoms in total. The maximum absolute atomic E-state index is 12.0. The number of hydrogen-bond acceptors (Lipinski definition) is 2. The molecule has 0 saturated carbocycles. The number of alkyl halides is 3. The zero-order valence-corrected chi connectivity index (χ0v) is 10.4. The van der Waals surface area contributed by atoms with Crippen LogP contribution in [0.5, 0.6) is 0 Å². The fourth-order valence-corrected chi connectivity index (χ4v) is 1.44. The van der Waals surface area contributed by atoms with Gasteiger partial charge in [-0.2, -0.15) is 13.2 Å². The Balaban J connectivity index is 4.54. The molecular weight excluding hydrogens is 235 g/mol. The van der Waals surface area contributed by atoms with Crippen LogP contribution in [-0.2, 0) is 4.79 Å². The third-order valence-electron chi connectivity index (χ3n) is 2.71. The van der Waals surface area contributed by atoms with Crippen LogP contribution >= 0.6 is 0 Å². The smallest absolute Gasteiger partial charge is 0.380 e. The number of carbonyl (C=O) groups is 1. The number of aliphatic hydroxyl groups is 1. The van der Waals surface area contributed by atoms with E-state index in [0.717, 1.165) is 6.42 Å². The van der Waals surface area contributed by atoms with Crippen LogP contribution in [0.3, 0.4) is 0 Å². The summed E-state index contributed by atoms with van der Waals surface area (Å²) in [5.41, 5.74) is -1.72. The maximum atomic E-state index is 12.0. The molecule has 0 aliphatic carbocycles. The van der Waals surface area contributed by atoms with E-state index in [2.05, 4.69) is 0 Å². The van der Waals surface area contributed by atoms with Crippen LogP contribution < -0.4 is 5.32 Å². The fourth-order valence-electron chi connectivity index (χ4n) is 1.44. The van der Waals surface area contributed by atoms with Gasteiger partial charge in [-0.15, -0.1) is 0 Å². The van der Waals surface area contributed by atoms with E-state index in [0.29, 0.717) is 6.42 Å². The summed E-state index contributed by atoms with van der Waals surface area (Å²) in [7, 11) is 0. The summed E-state index contributed by atoms with van der Waals surface area (Å²) in [5, 5.41) is 11.8. The quantitative estimate of drug-likeness (QED) is 0.764. The largest absolute Gasteiger partial charge is 0.405 e. The first kappa shape index (κ1) is 16.2. The Bertz CT molecular complexity index is 254. The number of carbonyl (C=O) groups excluding carboxylic acids is 1. The van der Waals surface area contributed by atoms with E-state index in [1.165, 1.54) is 0 Å². The Kier molecular flexibility index (Phi) is 5.95. The molecule has 102 valence electrons. The molecule has 0 spiro atoms. The number of unbranched alkanes of at least 4 members (excludes halogenated alkanes) is 1. The lowest BCUT2D eigenvalue weighted by atomic mass is 9.84. The lowest BCUT2D eigenvalue weighted by molar-refractivity contribution is -0.155.